The van der Waals surface area contributed by atoms with E-state index in [9.17, 15) is 4.79 Å². The van der Waals surface area contributed by atoms with Gasteiger partial charge in [-0.25, -0.2) is 0 Å². The number of likely N-dealkylation sites (N-methyl/N-ethyl adjacent to an activating group) is 1. The summed E-state index contributed by atoms with van der Waals surface area (Å²) in [5.41, 5.74) is 2.32. The van der Waals surface area contributed by atoms with Gasteiger partial charge in [0, 0.05) is 24.7 Å². The smallest absolute Gasteiger partial charge is 0.260 e. The van der Waals surface area contributed by atoms with Crippen LogP contribution in [0.4, 0.5) is 0 Å². The van der Waals surface area contributed by atoms with Gasteiger partial charge in [0.15, 0.2) is 6.10 Å². The number of rotatable bonds is 7. The van der Waals surface area contributed by atoms with Crippen molar-refractivity contribution in [2.45, 2.75) is 52.3 Å². The number of amides is 1. The lowest BCUT2D eigenvalue weighted by Crippen LogP contribution is -2.36. The van der Waals surface area contributed by atoms with Gasteiger partial charge in [0.25, 0.3) is 5.91 Å². The van der Waals surface area contributed by atoms with Crippen molar-refractivity contribution in [2.24, 2.45) is 0 Å². The van der Waals surface area contributed by atoms with Crippen LogP contribution in [0.5, 0.6) is 5.75 Å². The Morgan fingerprint density at radius 3 is 2.85 bits per heavy atom. The van der Waals surface area contributed by atoms with Crippen LogP contribution in [0.25, 0.3) is 0 Å². The first-order valence-electron chi connectivity index (χ1n) is 7.37. The van der Waals surface area contributed by atoms with Gasteiger partial charge in [-0.1, -0.05) is 17.7 Å². The van der Waals surface area contributed by atoms with Gasteiger partial charge in [-0.15, -0.1) is 0 Å². The fraction of sp³-hybridized carbons (Fsp3) is 0.562. The van der Waals surface area contributed by atoms with E-state index in [2.05, 4.69) is 23.6 Å². The summed E-state index contributed by atoms with van der Waals surface area (Å²) in [6.07, 6.45) is 2.05. The predicted octanol–water partition coefficient (Wildman–Crippen LogP) is 2.15. The lowest BCUT2D eigenvalue weighted by Gasteiger charge is -2.17. The van der Waals surface area contributed by atoms with Crippen molar-refractivity contribution < 1.29 is 9.53 Å². The van der Waals surface area contributed by atoms with E-state index in [-0.39, 0.29) is 5.91 Å². The van der Waals surface area contributed by atoms with E-state index in [1.807, 2.05) is 19.1 Å². The molecule has 1 aromatic carbocycles. The molecule has 0 radical (unpaired) electrons. The fourth-order valence-electron chi connectivity index (χ4n) is 2.07. The zero-order valence-electron chi connectivity index (χ0n) is 12.5. The summed E-state index contributed by atoms with van der Waals surface area (Å²) in [5, 5.41) is 6.26. The molecule has 0 bridgehead atoms. The molecule has 4 heteroatoms. The maximum atomic E-state index is 11.7. The Hall–Kier alpha value is -1.55. The molecule has 110 valence electrons. The van der Waals surface area contributed by atoms with E-state index in [4.69, 9.17) is 4.74 Å². The lowest BCUT2D eigenvalue weighted by molar-refractivity contribution is -0.127. The Balaban J connectivity index is 2.02. The van der Waals surface area contributed by atoms with E-state index in [1.54, 1.807) is 6.92 Å². The third kappa shape index (κ3) is 4.23. The molecule has 1 fully saturated rings. The summed E-state index contributed by atoms with van der Waals surface area (Å²) < 4.78 is 5.82. The van der Waals surface area contributed by atoms with Gasteiger partial charge in [0.2, 0.25) is 0 Å². The van der Waals surface area contributed by atoms with Crippen molar-refractivity contribution in [1.82, 2.24) is 10.6 Å². The average Bonchev–Trinajstić information content (AvgIpc) is 3.23. The zero-order chi connectivity index (χ0) is 14.5. The van der Waals surface area contributed by atoms with Crippen LogP contribution in [0.15, 0.2) is 18.2 Å². The molecular weight excluding hydrogens is 252 g/mol. The maximum Gasteiger partial charge on any atom is 0.260 e. The summed E-state index contributed by atoms with van der Waals surface area (Å²) >= 11 is 0. The Morgan fingerprint density at radius 1 is 1.45 bits per heavy atom. The minimum Gasteiger partial charge on any atom is -0.481 e. The van der Waals surface area contributed by atoms with Crippen molar-refractivity contribution in [3.63, 3.8) is 0 Å². The highest BCUT2D eigenvalue weighted by Gasteiger charge is 2.21. The van der Waals surface area contributed by atoms with Gasteiger partial charge in [-0.05, 0) is 39.7 Å². The van der Waals surface area contributed by atoms with E-state index >= 15 is 0 Å². The van der Waals surface area contributed by atoms with Crippen LogP contribution in [0.3, 0.4) is 0 Å². The van der Waals surface area contributed by atoms with Crippen molar-refractivity contribution in [2.75, 3.05) is 6.54 Å². The number of nitrogens with one attached hydrogen (secondary N) is 2. The number of benzene rings is 1. The van der Waals surface area contributed by atoms with Crippen LogP contribution in [-0.4, -0.2) is 24.6 Å². The molecule has 0 aromatic heterocycles. The second-order valence-electron chi connectivity index (χ2n) is 5.42. The van der Waals surface area contributed by atoms with E-state index in [1.165, 1.54) is 18.4 Å². The highest BCUT2D eigenvalue weighted by Crippen LogP contribution is 2.24. The second-order valence-corrected chi connectivity index (χ2v) is 5.42. The molecule has 1 atom stereocenters. The van der Waals surface area contributed by atoms with Crippen LogP contribution in [0, 0.1) is 6.92 Å². The Kier molecular flexibility index (Phi) is 5.01. The fourth-order valence-corrected chi connectivity index (χ4v) is 2.07. The van der Waals surface area contributed by atoms with E-state index in [0.29, 0.717) is 12.6 Å². The molecular formula is C16H24N2O2. The molecule has 1 saturated carbocycles. The molecule has 1 amide bonds. The van der Waals surface area contributed by atoms with Gasteiger partial charge in [0.1, 0.15) is 5.75 Å². The van der Waals surface area contributed by atoms with Crippen LogP contribution in [0.2, 0.25) is 0 Å². The Labute approximate surface area is 120 Å². The summed E-state index contributed by atoms with van der Waals surface area (Å²) in [5.74, 6) is 0.719. The largest absolute Gasteiger partial charge is 0.481 e. The van der Waals surface area contributed by atoms with Gasteiger partial charge in [0.05, 0.1) is 0 Å². The molecule has 1 aliphatic rings. The minimum absolute atomic E-state index is 0.0748. The quantitative estimate of drug-likeness (QED) is 0.802. The van der Waals surface area contributed by atoms with Crippen LogP contribution >= 0.6 is 0 Å². The molecule has 2 N–H and O–H groups in total. The number of hydrogen-bond donors (Lipinski definition) is 2. The Bertz CT molecular complexity index is 470. The normalized spacial score (nSPS) is 15.8. The second kappa shape index (κ2) is 6.75. The number of ether oxygens (including phenoxy) is 1. The zero-order valence-corrected chi connectivity index (χ0v) is 12.5. The van der Waals surface area contributed by atoms with Crippen LogP contribution in [0.1, 0.15) is 37.8 Å². The highest BCUT2D eigenvalue weighted by atomic mass is 16.5. The molecule has 20 heavy (non-hydrogen) atoms. The maximum absolute atomic E-state index is 11.7. The van der Waals surface area contributed by atoms with E-state index < -0.39 is 6.10 Å². The van der Waals surface area contributed by atoms with Crippen LogP contribution < -0.4 is 15.4 Å². The first-order valence-corrected chi connectivity index (χ1v) is 7.37. The minimum atomic E-state index is -0.475. The SMILES string of the molecule is CCNC(=O)C(C)Oc1ccc(C)cc1CNC1CC1. The number of aryl methyl sites for hydroxylation is 1. The molecule has 1 aromatic rings. The topological polar surface area (TPSA) is 50.4 Å². The molecule has 0 spiro atoms. The number of carbonyl (C=O) groups excluding carboxylic acids is 1. The monoisotopic (exact) mass is 276 g/mol. The molecule has 2 rings (SSSR count). The van der Waals surface area contributed by atoms with E-state index in [0.717, 1.165) is 17.9 Å². The first-order chi connectivity index (χ1) is 9.60. The molecule has 1 unspecified atom stereocenters. The number of carbonyl (C=O) groups is 1. The summed E-state index contributed by atoms with van der Waals surface area (Å²) in [6.45, 7) is 7.17. The third-order valence-corrected chi connectivity index (χ3v) is 3.40. The summed E-state index contributed by atoms with van der Waals surface area (Å²) in [4.78, 5) is 11.7. The first kappa shape index (κ1) is 14.9. The standard InChI is InChI=1S/C16H24N2O2/c1-4-17-16(19)12(3)20-15-8-5-11(2)9-13(15)10-18-14-6-7-14/h5,8-9,12,14,18H,4,6-7,10H2,1-3H3,(H,17,19). The van der Waals surface area contributed by atoms with Gasteiger partial charge in [-0.2, -0.15) is 0 Å². The summed E-state index contributed by atoms with van der Waals surface area (Å²) in [7, 11) is 0. The lowest BCUT2D eigenvalue weighted by atomic mass is 10.1. The van der Waals surface area contributed by atoms with Gasteiger partial charge >= 0.3 is 0 Å². The molecule has 0 heterocycles. The van der Waals surface area contributed by atoms with Crippen molar-refractivity contribution in [3.05, 3.63) is 29.3 Å². The molecule has 4 nitrogen and oxygen atoms in total. The van der Waals surface area contributed by atoms with Crippen LogP contribution in [-0.2, 0) is 11.3 Å². The Morgan fingerprint density at radius 2 is 2.20 bits per heavy atom. The van der Waals surface area contributed by atoms with Crippen molar-refractivity contribution in [3.8, 4) is 5.75 Å². The predicted molar refractivity (Wildman–Crippen MR) is 79.8 cm³/mol. The number of hydrogen-bond acceptors (Lipinski definition) is 3. The highest BCUT2D eigenvalue weighted by molar-refractivity contribution is 5.80. The van der Waals surface area contributed by atoms with Gasteiger partial charge < -0.3 is 15.4 Å². The molecule has 0 saturated heterocycles. The van der Waals surface area contributed by atoms with Crippen molar-refractivity contribution >= 4 is 5.91 Å². The molecule has 0 aliphatic heterocycles. The summed E-state index contributed by atoms with van der Waals surface area (Å²) in [6, 6.07) is 6.74. The average molecular weight is 276 g/mol. The van der Waals surface area contributed by atoms with Gasteiger partial charge in [-0.3, -0.25) is 4.79 Å². The third-order valence-electron chi connectivity index (χ3n) is 3.40. The molecule has 1 aliphatic carbocycles. The van der Waals surface area contributed by atoms with Crippen molar-refractivity contribution in [1.29, 1.82) is 0 Å².